The van der Waals surface area contributed by atoms with Gasteiger partial charge in [-0.15, -0.1) is 11.8 Å². The number of ether oxygens (including phenoxy) is 1. The molecular weight excluding hydrogens is 250 g/mol. The molecule has 0 saturated heterocycles. The molecule has 0 aliphatic heterocycles. The number of methoxy groups -OCH3 is 1. The minimum Gasteiger partial charge on any atom is -0.383 e. The summed E-state index contributed by atoms with van der Waals surface area (Å²) in [6, 6.07) is 7.51. The predicted molar refractivity (Wildman–Crippen MR) is 70.3 cm³/mol. The van der Waals surface area contributed by atoms with E-state index >= 15 is 0 Å². The lowest BCUT2D eigenvalue weighted by atomic mass is 10.2. The summed E-state index contributed by atoms with van der Waals surface area (Å²) in [5.41, 5.74) is 6.78. The van der Waals surface area contributed by atoms with Crippen molar-refractivity contribution in [3.05, 3.63) is 30.1 Å². The largest absolute Gasteiger partial charge is 0.383 e. The summed E-state index contributed by atoms with van der Waals surface area (Å²) in [7, 11) is 1.59. The van der Waals surface area contributed by atoms with Gasteiger partial charge in [0.2, 0.25) is 0 Å². The van der Waals surface area contributed by atoms with Crippen molar-refractivity contribution in [3.8, 4) is 11.5 Å². The van der Waals surface area contributed by atoms with Crippen LogP contribution in [0.25, 0.3) is 11.5 Å². The van der Waals surface area contributed by atoms with Gasteiger partial charge in [-0.1, -0.05) is 17.3 Å². The van der Waals surface area contributed by atoms with E-state index in [2.05, 4.69) is 10.1 Å². The molecular formula is C12H15N3O2S. The molecule has 0 amide bonds. The third-order valence-electron chi connectivity index (χ3n) is 2.46. The molecule has 0 bridgehead atoms. The summed E-state index contributed by atoms with van der Waals surface area (Å²) in [6.07, 6.45) is 2.01. The molecule has 5 nitrogen and oxygen atoms in total. The van der Waals surface area contributed by atoms with Crippen molar-refractivity contribution < 1.29 is 9.26 Å². The van der Waals surface area contributed by atoms with E-state index < -0.39 is 0 Å². The fraction of sp³-hybridized carbons (Fsp3) is 0.333. The van der Waals surface area contributed by atoms with Gasteiger partial charge in [0.1, 0.15) is 0 Å². The summed E-state index contributed by atoms with van der Waals surface area (Å²) >= 11 is 1.63. The second-order valence-electron chi connectivity index (χ2n) is 3.72. The molecule has 2 rings (SSSR count). The average molecular weight is 265 g/mol. The third kappa shape index (κ3) is 2.72. The molecule has 0 fully saturated rings. The molecule has 0 aliphatic carbocycles. The lowest BCUT2D eigenvalue weighted by molar-refractivity contribution is 0.177. The van der Waals surface area contributed by atoms with Gasteiger partial charge in [-0.3, -0.25) is 0 Å². The number of rotatable bonds is 5. The minimum atomic E-state index is -0.367. The Morgan fingerprint density at radius 1 is 1.44 bits per heavy atom. The number of hydrogen-bond donors (Lipinski definition) is 1. The molecule has 6 heteroatoms. The van der Waals surface area contributed by atoms with Crippen LogP contribution in [0.15, 0.2) is 33.7 Å². The Kier molecular flexibility index (Phi) is 4.35. The van der Waals surface area contributed by atoms with E-state index in [1.165, 1.54) is 0 Å². The first-order valence-electron chi connectivity index (χ1n) is 5.47. The number of thioether (sulfide) groups is 1. The lowest BCUT2D eigenvalue weighted by Gasteiger charge is -2.03. The maximum atomic E-state index is 5.85. The van der Waals surface area contributed by atoms with Gasteiger partial charge in [-0.2, -0.15) is 4.98 Å². The Morgan fingerprint density at radius 3 is 2.94 bits per heavy atom. The van der Waals surface area contributed by atoms with Crippen molar-refractivity contribution in [2.75, 3.05) is 20.0 Å². The predicted octanol–water partition coefficient (Wildman–Crippen LogP) is 2.10. The fourth-order valence-corrected chi connectivity index (χ4v) is 2.16. The molecule has 0 aliphatic rings. The normalized spacial score (nSPS) is 12.6. The van der Waals surface area contributed by atoms with E-state index in [0.717, 1.165) is 10.5 Å². The van der Waals surface area contributed by atoms with E-state index in [1.807, 2.05) is 30.5 Å². The van der Waals surface area contributed by atoms with Crippen molar-refractivity contribution in [2.24, 2.45) is 5.73 Å². The minimum absolute atomic E-state index is 0.364. The van der Waals surface area contributed by atoms with Crippen LogP contribution in [0.2, 0.25) is 0 Å². The zero-order valence-corrected chi connectivity index (χ0v) is 11.1. The van der Waals surface area contributed by atoms with E-state index in [9.17, 15) is 0 Å². The van der Waals surface area contributed by atoms with Gasteiger partial charge in [0.05, 0.1) is 18.2 Å². The quantitative estimate of drug-likeness (QED) is 0.834. The number of nitrogens with two attached hydrogens (primary N) is 1. The lowest BCUT2D eigenvalue weighted by Crippen LogP contribution is -2.17. The molecule has 1 aromatic carbocycles. The topological polar surface area (TPSA) is 74.2 Å². The highest BCUT2D eigenvalue weighted by atomic mass is 32.2. The van der Waals surface area contributed by atoms with Gasteiger partial charge >= 0.3 is 0 Å². The van der Waals surface area contributed by atoms with Gasteiger partial charge in [0.25, 0.3) is 5.89 Å². The molecule has 1 atom stereocenters. The van der Waals surface area contributed by atoms with Gasteiger partial charge < -0.3 is 15.0 Å². The van der Waals surface area contributed by atoms with Gasteiger partial charge in [-0.25, -0.2) is 0 Å². The first kappa shape index (κ1) is 13.1. The second kappa shape index (κ2) is 5.99. The molecule has 0 saturated carbocycles. The maximum absolute atomic E-state index is 5.85. The smallest absolute Gasteiger partial charge is 0.259 e. The Bertz CT molecular complexity index is 516. The molecule has 18 heavy (non-hydrogen) atoms. The average Bonchev–Trinajstić information content (AvgIpc) is 2.88. The van der Waals surface area contributed by atoms with E-state index in [0.29, 0.717) is 18.3 Å². The van der Waals surface area contributed by atoms with Crippen LogP contribution in [-0.4, -0.2) is 30.1 Å². The van der Waals surface area contributed by atoms with Gasteiger partial charge in [0.15, 0.2) is 5.82 Å². The van der Waals surface area contributed by atoms with Crippen LogP contribution in [0.4, 0.5) is 0 Å². The summed E-state index contributed by atoms with van der Waals surface area (Å²) in [5, 5.41) is 3.89. The maximum Gasteiger partial charge on any atom is 0.259 e. The van der Waals surface area contributed by atoms with Crippen molar-refractivity contribution in [1.29, 1.82) is 0 Å². The molecule has 96 valence electrons. The van der Waals surface area contributed by atoms with E-state index in [1.54, 1.807) is 18.9 Å². The first-order valence-corrected chi connectivity index (χ1v) is 6.70. The Hall–Kier alpha value is -1.37. The number of hydrogen-bond acceptors (Lipinski definition) is 6. The summed E-state index contributed by atoms with van der Waals surface area (Å²) in [4.78, 5) is 5.40. The van der Waals surface area contributed by atoms with Gasteiger partial charge in [-0.05, 0) is 18.4 Å². The Morgan fingerprint density at radius 2 is 2.22 bits per heavy atom. The van der Waals surface area contributed by atoms with Crippen molar-refractivity contribution in [3.63, 3.8) is 0 Å². The first-order chi connectivity index (χ1) is 8.76. The molecule has 0 radical (unpaired) electrons. The third-order valence-corrected chi connectivity index (χ3v) is 3.25. The standard InChI is InChI=1S/C12H15N3O2S/c1-16-7-9(13)11-14-12(17-15-11)8-5-3-4-6-10(8)18-2/h3-6,9H,7,13H2,1-2H3. The Balaban J connectivity index is 2.29. The van der Waals surface area contributed by atoms with Gasteiger partial charge in [0, 0.05) is 12.0 Å². The van der Waals surface area contributed by atoms with Crippen LogP contribution >= 0.6 is 11.8 Å². The van der Waals surface area contributed by atoms with E-state index in [-0.39, 0.29) is 6.04 Å². The van der Waals surface area contributed by atoms with E-state index in [4.69, 9.17) is 15.0 Å². The van der Waals surface area contributed by atoms with Crippen LogP contribution < -0.4 is 5.73 Å². The molecule has 1 heterocycles. The summed E-state index contributed by atoms with van der Waals surface area (Å²) in [6.45, 7) is 0.364. The molecule has 1 aromatic heterocycles. The number of benzene rings is 1. The van der Waals surface area contributed by atoms with Crippen LogP contribution in [0, 0.1) is 0 Å². The molecule has 2 aromatic rings. The van der Waals surface area contributed by atoms with Crippen LogP contribution in [0.3, 0.4) is 0 Å². The monoisotopic (exact) mass is 265 g/mol. The van der Waals surface area contributed by atoms with Crippen LogP contribution in [0.1, 0.15) is 11.9 Å². The SMILES string of the molecule is COCC(N)c1noc(-c2ccccc2SC)n1. The summed E-state index contributed by atoms with van der Waals surface area (Å²) < 4.78 is 10.2. The Labute approximate surface area is 110 Å². The zero-order valence-electron chi connectivity index (χ0n) is 10.3. The summed E-state index contributed by atoms with van der Waals surface area (Å²) in [5.74, 6) is 0.948. The second-order valence-corrected chi connectivity index (χ2v) is 4.57. The van der Waals surface area contributed by atoms with Crippen LogP contribution in [-0.2, 0) is 4.74 Å². The van der Waals surface area contributed by atoms with Crippen LogP contribution in [0.5, 0.6) is 0 Å². The fourth-order valence-electron chi connectivity index (χ4n) is 1.57. The highest BCUT2D eigenvalue weighted by molar-refractivity contribution is 7.98. The molecule has 1 unspecified atom stereocenters. The van der Waals surface area contributed by atoms with Crippen molar-refractivity contribution in [1.82, 2.24) is 10.1 Å². The van der Waals surface area contributed by atoms with Crippen molar-refractivity contribution in [2.45, 2.75) is 10.9 Å². The highest BCUT2D eigenvalue weighted by Crippen LogP contribution is 2.29. The zero-order chi connectivity index (χ0) is 13.0. The van der Waals surface area contributed by atoms with Crippen molar-refractivity contribution >= 4 is 11.8 Å². The molecule has 0 spiro atoms. The number of nitrogens with zero attached hydrogens (tertiary/aromatic N) is 2. The highest BCUT2D eigenvalue weighted by Gasteiger charge is 2.16. The molecule has 2 N–H and O–H groups in total. The number of aromatic nitrogens is 2.